The zero-order valence-corrected chi connectivity index (χ0v) is 10.5. The maximum atomic E-state index is 13.7. The predicted octanol–water partition coefficient (Wildman–Crippen LogP) is 1.94. The zero-order chi connectivity index (χ0) is 13.8. The number of carbonyl (C=O) groups is 1. The first-order valence-corrected chi connectivity index (χ1v) is 6.22. The largest absolute Gasteiger partial charge is 0.478 e. The molecule has 0 aliphatic carbocycles. The van der Waals surface area contributed by atoms with E-state index in [0.717, 1.165) is 25.5 Å². The first-order chi connectivity index (χ1) is 9.08. The summed E-state index contributed by atoms with van der Waals surface area (Å²) in [6, 6.07) is 2.26. The first-order valence-electron chi connectivity index (χ1n) is 6.22. The predicted molar refractivity (Wildman–Crippen MR) is 69.8 cm³/mol. The van der Waals surface area contributed by atoms with Crippen molar-refractivity contribution in [2.24, 2.45) is 5.92 Å². The van der Waals surface area contributed by atoms with E-state index in [1.165, 1.54) is 6.07 Å². The van der Waals surface area contributed by atoms with Crippen LogP contribution in [-0.4, -0.2) is 30.8 Å². The van der Waals surface area contributed by atoms with Crippen molar-refractivity contribution in [1.82, 2.24) is 0 Å². The van der Waals surface area contributed by atoms with Crippen molar-refractivity contribution < 1.29 is 19.0 Å². The van der Waals surface area contributed by atoms with Crippen LogP contribution in [0, 0.1) is 11.7 Å². The number of nitrogens with one attached hydrogen (secondary N) is 1. The quantitative estimate of drug-likeness (QED) is 0.727. The van der Waals surface area contributed by atoms with Crippen LogP contribution in [0.5, 0.6) is 0 Å². The van der Waals surface area contributed by atoms with Crippen LogP contribution in [0.1, 0.15) is 23.2 Å². The molecular formula is C13H17FN2O3. The molecule has 2 rings (SSSR count). The summed E-state index contributed by atoms with van der Waals surface area (Å²) in [6.07, 6.45) is 2.02. The number of nitrogens with two attached hydrogens (primary N) is 1. The summed E-state index contributed by atoms with van der Waals surface area (Å²) in [7, 11) is 0. The van der Waals surface area contributed by atoms with E-state index in [0.29, 0.717) is 19.1 Å². The summed E-state index contributed by atoms with van der Waals surface area (Å²) in [4.78, 5) is 10.9. The SMILES string of the molecule is Nc1cc(F)c(NCC2CCCOC2)cc1C(=O)O. The Balaban J connectivity index is 2.06. The van der Waals surface area contributed by atoms with Crippen molar-refractivity contribution in [3.63, 3.8) is 0 Å². The molecule has 5 nitrogen and oxygen atoms in total. The van der Waals surface area contributed by atoms with Gasteiger partial charge in [0.15, 0.2) is 0 Å². The summed E-state index contributed by atoms with van der Waals surface area (Å²) in [5.41, 5.74) is 5.46. The van der Waals surface area contributed by atoms with Gasteiger partial charge in [0.05, 0.1) is 17.9 Å². The number of aromatic carboxylic acids is 1. The summed E-state index contributed by atoms with van der Waals surface area (Å²) < 4.78 is 19.0. The highest BCUT2D eigenvalue weighted by molar-refractivity contribution is 5.94. The number of rotatable bonds is 4. The average molecular weight is 268 g/mol. The smallest absolute Gasteiger partial charge is 0.337 e. The van der Waals surface area contributed by atoms with Crippen molar-refractivity contribution >= 4 is 17.3 Å². The van der Waals surface area contributed by atoms with E-state index in [-0.39, 0.29) is 16.9 Å². The van der Waals surface area contributed by atoms with E-state index in [4.69, 9.17) is 15.6 Å². The second-order valence-corrected chi connectivity index (χ2v) is 4.69. The van der Waals surface area contributed by atoms with Crippen LogP contribution in [0.15, 0.2) is 12.1 Å². The Morgan fingerprint density at radius 1 is 1.58 bits per heavy atom. The van der Waals surface area contributed by atoms with Crippen LogP contribution in [0.25, 0.3) is 0 Å². The third-order valence-electron chi connectivity index (χ3n) is 3.21. The van der Waals surface area contributed by atoms with Crippen LogP contribution < -0.4 is 11.1 Å². The lowest BCUT2D eigenvalue weighted by Gasteiger charge is -2.23. The van der Waals surface area contributed by atoms with Crippen molar-refractivity contribution in [1.29, 1.82) is 0 Å². The molecular weight excluding hydrogens is 251 g/mol. The molecule has 1 heterocycles. The Bertz CT molecular complexity index is 473. The van der Waals surface area contributed by atoms with E-state index in [1.54, 1.807) is 0 Å². The zero-order valence-electron chi connectivity index (χ0n) is 10.5. The lowest BCUT2D eigenvalue weighted by molar-refractivity contribution is 0.0594. The minimum Gasteiger partial charge on any atom is -0.478 e. The van der Waals surface area contributed by atoms with E-state index < -0.39 is 11.8 Å². The van der Waals surface area contributed by atoms with Crippen LogP contribution in [0.4, 0.5) is 15.8 Å². The molecule has 1 aliphatic rings. The van der Waals surface area contributed by atoms with Gasteiger partial charge in [0.25, 0.3) is 0 Å². The second-order valence-electron chi connectivity index (χ2n) is 4.69. The van der Waals surface area contributed by atoms with Gasteiger partial charge in [-0.05, 0) is 30.9 Å². The molecule has 4 N–H and O–H groups in total. The molecule has 1 fully saturated rings. The molecule has 0 spiro atoms. The third-order valence-corrected chi connectivity index (χ3v) is 3.21. The summed E-state index contributed by atoms with van der Waals surface area (Å²) >= 11 is 0. The van der Waals surface area contributed by atoms with Crippen molar-refractivity contribution in [2.45, 2.75) is 12.8 Å². The molecule has 0 bridgehead atoms. The summed E-state index contributed by atoms with van der Waals surface area (Å²) in [5.74, 6) is -1.39. The fourth-order valence-corrected chi connectivity index (χ4v) is 2.13. The van der Waals surface area contributed by atoms with Crippen molar-refractivity contribution in [3.8, 4) is 0 Å². The number of halogens is 1. The minimum atomic E-state index is -1.17. The van der Waals surface area contributed by atoms with Gasteiger partial charge in [0.2, 0.25) is 0 Å². The van der Waals surface area contributed by atoms with Crippen LogP contribution in [-0.2, 0) is 4.74 Å². The molecule has 1 aromatic rings. The van der Waals surface area contributed by atoms with Crippen LogP contribution in [0.3, 0.4) is 0 Å². The van der Waals surface area contributed by atoms with Gasteiger partial charge in [-0.2, -0.15) is 0 Å². The lowest BCUT2D eigenvalue weighted by atomic mass is 10.0. The molecule has 0 amide bonds. The molecule has 1 atom stereocenters. The molecule has 0 aromatic heterocycles. The van der Waals surface area contributed by atoms with Crippen LogP contribution >= 0.6 is 0 Å². The molecule has 1 unspecified atom stereocenters. The Kier molecular flexibility index (Phi) is 4.21. The van der Waals surface area contributed by atoms with Gasteiger partial charge in [-0.15, -0.1) is 0 Å². The van der Waals surface area contributed by atoms with Gasteiger partial charge >= 0.3 is 5.97 Å². The molecule has 0 radical (unpaired) electrons. The molecule has 6 heteroatoms. The molecule has 19 heavy (non-hydrogen) atoms. The molecule has 1 aliphatic heterocycles. The monoisotopic (exact) mass is 268 g/mol. The van der Waals surface area contributed by atoms with E-state index in [2.05, 4.69) is 5.32 Å². The van der Waals surface area contributed by atoms with Gasteiger partial charge in [0, 0.05) is 18.8 Å². The topological polar surface area (TPSA) is 84.6 Å². The first kappa shape index (κ1) is 13.6. The lowest BCUT2D eigenvalue weighted by Crippen LogP contribution is -2.24. The van der Waals surface area contributed by atoms with E-state index in [9.17, 15) is 9.18 Å². The van der Waals surface area contributed by atoms with Gasteiger partial charge < -0.3 is 20.9 Å². The number of carboxylic acids is 1. The van der Waals surface area contributed by atoms with Gasteiger partial charge in [-0.25, -0.2) is 9.18 Å². The number of ether oxygens (including phenoxy) is 1. The molecule has 104 valence electrons. The number of hydrogen-bond acceptors (Lipinski definition) is 4. The van der Waals surface area contributed by atoms with Gasteiger partial charge in [-0.1, -0.05) is 0 Å². The fraction of sp³-hybridized carbons (Fsp3) is 0.462. The number of hydrogen-bond donors (Lipinski definition) is 3. The molecule has 0 saturated carbocycles. The number of anilines is 2. The highest BCUT2D eigenvalue weighted by Crippen LogP contribution is 2.23. The Morgan fingerprint density at radius 2 is 2.37 bits per heavy atom. The van der Waals surface area contributed by atoms with Crippen molar-refractivity contribution in [2.75, 3.05) is 30.8 Å². The molecule has 1 saturated heterocycles. The van der Waals surface area contributed by atoms with Gasteiger partial charge in [-0.3, -0.25) is 0 Å². The number of nitrogen functional groups attached to an aromatic ring is 1. The second kappa shape index (κ2) is 5.88. The number of carboxylic acid groups (broad SMARTS) is 1. The number of benzene rings is 1. The molecule has 1 aromatic carbocycles. The van der Waals surface area contributed by atoms with E-state index in [1.807, 2.05) is 0 Å². The van der Waals surface area contributed by atoms with Crippen LogP contribution in [0.2, 0.25) is 0 Å². The Morgan fingerprint density at radius 3 is 3.00 bits per heavy atom. The summed E-state index contributed by atoms with van der Waals surface area (Å²) in [6.45, 7) is 1.98. The standard InChI is InChI=1S/C13H17FN2O3/c14-10-5-11(15)9(13(17)18)4-12(10)16-6-8-2-1-3-19-7-8/h4-5,8,16H,1-3,6-7,15H2,(H,17,18). The van der Waals surface area contributed by atoms with Gasteiger partial charge in [0.1, 0.15) is 5.82 Å². The maximum absolute atomic E-state index is 13.7. The normalized spacial score (nSPS) is 19.1. The fourth-order valence-electron chi connectivity index (χ4n) is 2.13. The highest BCUT2D eigenvalue weighted by atomic mass is 19.1. The van der Waals surface area contributed by atoms with Crippen molar-refractivity contribution in [3.05, 3.63) is 23.5 Å². The summed E-state index contributed by atoms with van der Waals surface area (Å²) in [5, 5.41) is 11.9. The Hall–Kier alpha value is -1.82. The average Bonchev–Trinajstić information content (AvgIpc) is 2.38. The maximum Gasteiger partial charge on any atom is 0.337 e. The van der Waals surface area contributed by atoms with E-state index >= 15 is 0 Å². The minimum absolute atomic E-state index is 0.0726. The third kappa shape index (κ3) is 3.35. The Labute approximate surface area is 110 Å². The highest BCUT2D eigenvalue weighted by Gasteiger charge is 2.16.